The highest BCUT2D eigenvalue weighted by Crippen LogP contribution is 2.34. The first-order valence-corrected chi connectivity index (χ1v) is 7.12. The van der Waals surface area contributed by atoms with Crippen molar-refractivity contribution in [1.29, 1.82) is 0 Å². The average molecular weight is 240 g/mol. The lowest BCUT2D eigenvalue weighted by molar-refractivity contribution is -0.131. The number of nitrogens with one attached hydrogen (secondary N) is 1. The van der Waals surface area contributed by atoms with Gasteiger partial charge in [0.2, 0.25) is 5.91 Å². The van der Waals surface area contributed by atoms with Crippen LogP contribution in [0.3, 0.4) is 0 Å². The Morgan fingerprint density at radius 3 is 2.29 bits per heavy atom. The van der Waals surface area contributed by atoms with Crippen LogP contribution in [0.4, 0.5) is 0 Å². The summed E-state index contributed by atoms with van der Waals surface area (Å²) in [6.45, 7) is 6.70. The zero-order valence-electron chi connectivity index (χ0n) is 11.6. The summed E-state index contributed by atoms with van der Waals surface area (Å²) < 4.78 is 0. The molecule has 3 N–H and O–H groups in total. The van der Waals surface area contributed by atoms with E-state index in [1.807, 2.05) is 0 Å². The molecule has 0 heterocycles. The third-order valence-corrected chi connectivity index (χ3v) is 4.37. The Labute approximate surface area is 106 Å². The summed E-state index contributed by atoms with van der Waals surface area (Å²) in [7, 11) is 0. The van der Waals surface area contributed by atoms with Gasteiger partial charge in [0, 0.05) is 12.6 Å². The number of hydrogen-bond donors (Lipinski definition) is 2. The van der Waals surface area contributed by atoms with E-state index in [2.05, 4.69) is 26.1 Å². The Kier molecular flexibility index (Phi) is 5.44. The lowest BCUT2D eigenvalue weighted by Gasteiger charge is -2.31. The summed E-state index contributed by atoms with van der Waals surface area (Å²) in [6.07, 6.45) is 6.51. The maximum atomic E-state index is 12.3. The summed E-state index contributed by atoms with van der Waals surface area (Å²) in [4.78, 5) is 12.3. The smallest absolute Gasteiger partial charge is 0.227 e. The Morgan fingerprint density at radius 1 is 1.35 bits per heavy atom. The van der Waals surface area contributed by atoms with E-state index >= 15 is 0 Å². The van der Waals surface area contributed by atoms with Gasteiger partial charge in [0.25, 0.3) is 0 Å². The summed E-state index contributed by atoms with van der Waals surface area (Å²) in [5, 5.41) is 3.21. The summed E-state index contributed by atoms with van der Waals surface area (Å²) >= 11 is 0. The van der Waals surface area contributed by atoms with Crippen LogP contribution in [0.15, 0.2) is 0 Å². The molecule has 1 fully saturated rings. The molecule has 1 unspecified atom stereocenters. The van der Waals surface area contributed by atoms with E-state index in [9.17, 15) is 4.79 Å². The van der Waals surface area contributed by atoms with Gasteiger partial charge >= 0.3 is 0 Å². The molecule has 0 spiro atoms. The number of amides is 1. The molecular formula is C14H28N2O. The average Bonchev–Trinajstić information content (AvgIpc) is 3.15. The van der Waals surface area contributed by atoms with Crippen LogP contribution < -0.4 is 11.1 Å². The predicted octanol–water partition coefficient (Wildman–Crippen LogP) is 2.45. The van der Waals surface area contributed by atoms with Gasteiger partial charge < -0.3 is 11.1 Å². The number of carbonyl (C=O) groups excluding carboxylic acids is 1. The highest BCUT2D eigenvalue weighted by atomic mass is 16.2. The van der Waals surface area contributed by atoms with Crippen molar-refractivity contribution in [2.24, 2.45) is 17.1 Å². The van der Waals surface area contributed by atoms with Gasteiger partial charge in [-0.1, -0.05) is 33.6 Å². The molecule has 0 aromatic rings. The zero-order chi connectivity index (χ0) is 12.9. The summed E-state index contributed by atoms with van der Waals surface area (Å²) in [5.74, 6) is 1.02. The monoisotopic (exact) mass is 240 g/mol. The first-order valence-electron chi connectivity index (χ1n) is 7.12. The second-order valence-electron chi connectivity index (χ2n) is 5.45. The van der Waals surface area contributed by atoms with E-state index in [-0.39, 0.29) is 11.3 Å². The van der Waals surface area contributed by atoms with Crippen LogP contribution in [0.25, 0.3) is 0 Å². The van der Waals surface area contributed by atoms with Crippen LogP contribution in [-0.2, 0) is 4.79 Å². The van der Waals surface area contributed by atoms with Gasteiger partial charge in [-0.2, -0.15) is 0 Å². The summed E-state index contributed by atoms with van der Waals surface area (Å²) in [5.41, 5.74) is 5.45. The van der Waals surface area contributed by atoms with Crippen molar-refractivity contribution in [3.8, 4) is 0 Å². The molecule has 0 aliphatic heterocycles. The third-order valence-electron chi connectivity index (χ3n) is 4.37. The highest BCUT2D eigenvalue weighted by Gasteiger charge is 2.35. The molecule has 1 saturated carbocycles. The van der Waals surface area contributed by atoms with E-state index in [0.717, 1.165) is 31.6 Å². The van der Waals surface area contributed by atoms with Gasteiger partial charge in [0.05, 0.1) is 5.41 Å². The number of nitrogens with two attached hydrogens (primary N) is 1. The molecular weight excluding hydrogens is 212 g/mol. The van der Waals surface area contributed by atoms with Gasteiger partial charge in [0.1, 0.15) is 0 Å². The van der Waals surface area contributed by atoms with Crippen molar-refractivity contribution in [2.45, 2.75) is 65.3 Å². The molecule has 1 aliphatic rings. The third kappa shape index (κ3) is 3.70. The van der Waals surface area contributed by atoms with Gasteiger partial charge in [-0.25, -0.2) is 0 Å². The lowest BCUT2D eigenvalue weighted by atomic mass is 9.81. The quantitative estimate of drug-likeness (QED) is 0.684. The van der Waals surface area contributed by atoms with Gasteiger partial charge in [-0.05, 0) is 31.6 Å². The number of carbonyl (C=O) groups is 1. The van der Waals surface area contributed by atoms with Crippen LogP contribution in [0, 0.1) is 11.3 Å². The topological polar surface area (TPSA) is 55.1 Å². The fourth-order valence-electron chi connectivity index (χ4n) is 2.37. The zero-order valence-corrected chi connectivity index (χ0v) is 11.6. The minimum Gasteiger partial charge on any atom is -0.353 e. The van der Waals surface area contributed by atoms with Crippen LogP contribution in [0.5, 0.6) is 0 Å². The van der Waals surface area contributed by atoms with E-state index in [0.29, 0.717) is 12.6 Å². The van der Waals surface area contributed by atoms with E-state index in [4.69, 9.17) is 5.73 Å². The highest BCUT2D eigenvalue weighted by molar-refractivity contribution is 5.83. The Hall–Kier alpha value is -0.570. The molecule has 0 aromatic heterocycles. The maximum Gasteiger partial charge on any atom is 0.227 e. The minimum atomic E-state index is -0.350. The second-order valence-corrected chi connectivity index (χ2v) is 5.45. The largest absolute Gasteiger partial charge is 0.353 e. The molecule has 1 rings (SSSR count). The molecule has 1 atom stereocenters. The Morgan fingerprint density at radius 2 is 1.94 bits per heavy atom. The van der Waals surface area contributed by atoms with Gasteiger partial charge in [-0.3, -0.25) is 4.79 Å². The standard InChI is InChI=1S/C14H28N2O/c1-4-12(9-11-7-8-11)16-13(17)14(5-2,6-3)10-15/h11-12H,4-10,15H2,1-3H3,(H,16,17). The van der Waals surface area contributed by atoms with Gasteiger partial charge in [0.15, 0.2) is 0 Å². The van der Waals surface area contributed by atoms with Crippen LogP contribution in [0.1, 0.15) is 59.3 Å². The lowest BCUT2D eigenvalue weighted by Crippen LogP contribution is -2.48. The van der Waals surface area contributed by atoms with Crippen molar-refractivity contribution < 1.29 is 4.79 Å². The van der Waals surface area contributed by atoms with E-state index < -0.39 is 0 Å². The summed E-state index contributed by atoms with van der Waals surface area (Å²) in [6, 6.07) is 0.346. The molecule has 0 aromatic carbocycles. The second kappa shape index (κ2) is 6.39. The molecule has 0 saturated heterocycles. The molecule has 17 heavy (non-hydrogen) atoms. The number of hydrogen-bond acceptors (Lipinski definition) is 2. The van der Waals surface area contributed by atoms with Crippen molar-refractivity contribution in [2.75, 3.05) is 6.54 Å². The Balaban J connectivity index is 2.53. The fraction of sp³-hybridized carbons (Fsp3) is 0.929. The predicted molar refractivity (Wildman–Crippen MR) is 71.6 cm³/mol. The molecule has 1 aliphatic carbocycles. The first kappa shape index (κ1) is 14.5. The molecule has 3 heteroatoms. The first-order chi connectivity index (χ1) is 8.11. The molecule has 100 valence electrons. The van der Waals surface area contributed by atoms with E-state index in [1.165, 1.54) is 12.8 Å². The molecule has 3 nitrogen and oxygen atoms in total. The van der Waals surface area contributed by atoms with Crippen LogP contribution in [0.2, 0.25) is 0 Å². The Bertz CT molecular complexity index is 236. The molecule has 0 radical (unpaired) electrons. The van der Waals surface area contributed by atoms with Crippen molar-refractivity contribution >= 4 is 5.91 Å². The number of rotatable bonds is 8. The maximum absolute atomic E-state index is 12.3. The molecule has 0 bridgehead atoms. The van der Waals surface area contributed by atoms with Crippen molar-refractivity contribution in [3.63, 3.8) is 0 Å². The normalized spacial score (nSPS) is 17.9. The van der Waals surface area contributed by atoms with Crippen LogP contribution >= 0.6 is 0 Å². The van der Waals surface area contributed by atoms with Crippen LogP contribution in [-0.4, -0.2) is 18.5 Å². The molecule has 1 amide bonds. The van der Waals surface area contributed by atoms with Crippen molar-refractivity contribution in [3.05, 3.63) is 0 Å². The fourth-order valence-corrected chi connectivity index (χ4v) is 2.37. The van der Waals surface area contributed by atoms with Gasteiger partial charge in [-0.15, -0.1) is 0 Å². The van der Waals surface area contributed by atoms with Crippen molar-refractivity contribution in [1.82, 2.24) is 5.32 Å². The minimum absolute atomic E-state index is 0.164. The van der Waals surface area contributed by atoms with E-state index in [1.54, 1.807) is 0 Å². The SMILES string of the molecule is CCC(CC1CC1)NC(=O)C(CC)(CC)CN.